The van der Waals surface area contributed by atoms with Crippen LogP contribution in [0, 0.1) is 0 Å². The predicted molar refractivity (Wildman–Crippen MR) is 103 cm³/mol. The molecule has 0 aromatic carbocycles. The zero-order valence-corrected chi connectivity index (χ0v) is 17.1. The topological polar surface area (TPSA) is 108 Å². The van der Waals surface area contributed by atoms with E-state index in [9.17, 15) is 23.1 Å². The first-order valence-electron chi connectivity index (χ1n) is 9.25. The Balaban J connectivity index is 1.73. The van der Waals surface area contributed by atoms with Crippen molar-refractivity contribution in [3.8, 4) is 5.88 Å². The number of nitrogens with one attached hydrogen (secondary N) is 1. The minimum atomic E-state index is -4.52. The minimum Gasteiger partial charge on any atom is -0.467 e. The van der Waals surface area contributed by atoms with E-state index < -0.39 is 19.0 Å². The molecule has 0 bridgehead atoms. The first-order chi connectivity index (χ1) is 14.6. The molecule has 1 amide bonds. The fraction of sp³-hybridized carbons (Fsp3) is 0.421. The molecule has 1 aliphatic heterocycles. The first-order valence-corrected chi connectivity index (χ1v) is 9.63. The van der Waals surface area contributed by atoms with E-state index in [4.69, 9.17) is 16.7 Å². The summed E-state index contributed by atoms with van der Waals surface area (Å²) in [6, 6.07) is 2.55. The Hall–Kier alpha value is -2.47. The van der Waals surface area contributed by atoms with Crippen molar-refractivity contribution in [1.82, 2.24) is 20.2 Å². The smallest absolute Gasteiger partial charge is 0.422 e. The van der Waals surface area contributed by atoms with Crippen molar-refractivity contribution < 1.29 is 32.9 Å². The largest absolute Gasteiger partial charge is 0.467 e. The molecule has 1 unspecified atom stereocenters. The lowest BCUT2D eigenvalue weighted by Gasteiger charge is -2.19. The van der Waals surface area contributed by atoms with Gasteiger partial charge in [-0.2, -0.15) is 13.2 Å². The van der Waals surface area contributed by atoms with Crippen molar-refractivity contribution in [3.05, 3.63) is 51.9 Å². The van der Waals surface area contributed by atoms with Crippen LogP contribution in [0.4, 0.5) is 13.2 Å². The monoisotopic (exact) mass is 460 g/mol. The lowest BCUT2D eigenvalue weighted by Crippen LogP contribution is -2.34. The van der Waals surface area contributed by atoms with Crippen molar-refractivity contribution in [2.75, 3.05) is 13.2 Å². The van der Waals surface area contributed by atoms with Gasteiger partial charge < -0.3 is 19.8 Å². The maximum Gasteiger partial charge on any atom is 0.422 e. The summed E-state index contributed by atoms with van der Waals surface area (Å²) in [5, 5.41) is 22.2. The molecule has 168 valence electrons. The third kappa shape index (κ3) is 5.62. The number of amides is 1. The highest BCUT2D eigenvalue weighted by molar-refractivity contribution is 6.31. The number of rotatable bonds is 8. The van der Waals surface area contributed by atoms with E-state index in [0.717, 1.165) is 0 Å². The SMILES string of the molecule is C[C@@H](CO)NC(O)c1nccc2c1CN(Cc1cnc(OCC(F)(F)F)c(Cl)c1)C2=O. The van der Waals surface area contributed by atoms with Gasteiger partial charge in [-0.1, -0.05) is 11.6 Å². The van der Waals surface area contributed by atoms with Crippen LogP contribution >= 0.6 is 11.6 Å². The number of pyridine rings is 2. The normalized spacial score (nSPS) is 15.7. The molecule has 1 aliphatic rings. The van der Waals surface area contributed by atoms with Gasteiger partial charge in [0.2, 0.25) is 5.88 Å². The van der Waals surface area contributed by atoms with Gasteiger partial charge in [0.05, 0.1) is 12.3 Å². The van der Waals surface area contributed by atoms with Crippen LogP contribution in [0.2, 0.25) is 5.02 Å². The number of ether oxygens (including phenoxy) is 1. The third-order valence-electron chi connectivity index (χ3n) is 4.54. The molecule has 8 nitrogen and oxygen atoms in total. The predicted octanol–water partition coefficient (Wildman–Crippen LogP) is 2.19. The van der Waals surface area contributed by atoms with Crippen LogP contribution in [0.25, 0.3) is 0 Å². The summed E-state index contributed by atoms with van der Waals surface area (Å²) in [7, 11) is 0. The summed E-state index contributed by atoms with van der Waals surface area (Å²) in [6.45, 7) is 0.236. The molecule has 3 heterocycles. The average Bonchev–Trinajstić information content (AvgIpc) is 3.02. The molecule has 0 radical (unpaired) electrons. The Bertz CT molecular complexity index is 960. The third-order valence-corrected chi connectivity index (χ3v) is 4.81. The number of alkyl halides is 3. The van der Waals surface area contributed by atoms with Crippen molar-refractivity contribution in [1.29, 1.82) is 0 Å². The molecule has 2 atom stereocenters. The molecule has 0 saturated heterocycles. The van der Waals surface area contributed by atoms with Crippen molar-refractivity contribution in [2.45, 2.75) is 38.5 Å². The van der Waals surface area contributed by atoms with Crippen LogP contribution in [-0.2, 0) is 13.1 Å². The zero-order chi connectivity index (χ0) is 22.8. The van der Waals surface area contributed by atoms with Gasteiger partial charge in [-0.25, -0.2) is 4.98 Å². The van der Waals surface area contributed by atoms with Crippen molar-refractivity contribution in [2.24, 2.45) is 0 Å². The Morgan fingerprint density at radius 1 is 1.39 bits per heavy atom. The second kappa shape index (κ2) is 9.35. The molecule has 0 aliphatic carbocycles. The summed E-state index contributed by atoms with van der Waals surface area (Å²) in [5.41, 5.74) is 1.70. The lowest BCUT2D eigenvalue weighted by molar-refractivity contribution is -0.154. The molecule has 2 aromatic heterocycles. The van der Waals surface area contributed by atoms with Crippen molar-refractivity contribution >= 4 is 17.5 Å². The van der Waals surface area contributed by atoms with Crippen LogP contribution in [0.15, 0.2) is 24.5 Å². The summed E-state index contributed by atoms with van der Waals surface area (Å²) < 4.78 is 41.5. The molecule has 2 aromatic rings. The fourth-order valence-corrected chi connectivity index (χ4v) is 3.34. The summed E-state index contributed by atoms with van der Waals surface area (Å²) in [6.07, 6.45) is -3.00. The molecule has 0 spiro atoms. The number of carbonyl (C=O) groups is 1. The number of carbonyl (C=O) groups excluding carboxylic acids is 1. The molecule has 31 heavy (non-hydrogen) atoms. The molecule has 0 fully saturated rings. The second-order valence-electron chi connectivity index (χ2n) is 7.07. The standard InChI is InChI=1S/C19H20ClF3N4O4/c1-10(8-28)26-16(29)15-13-7-27(18(30)12(13)2-3-24-15)6-11-4-14(20)17(25-5-11)31-9-19(21,22)23/h2-5,10,16,26,28-29H,6-9H2,1H3/t10-,16?/m0/s1. The highest BCUT2D eigenvalue weighted by Gasteiger charge is 2.32. The summed E-state index contributed by atoms with van der Waals surface area (Å²) in [5.74, 6) is -0.646. The van der Waals surface area contributed by atoms with Crippen molar-refractivity contribution in [3.63, 3.8) is 0 Å². The van der Waals surface area contributed by atoms with E-state index in [1.54, 1.807) is 13.0 Å². The highest BCUT2D eigenvalue weighted by atomic mass is 35.5. The molecule has 3 N–H and O–H groups in total. The first kappa shape index (κ1) is 23.2. The van der Waals surface area contributed by atoms with Crippen LogP contribution in [-0.4, -0.2) is 56.4 Å². The minimum absolute atomic E-state index is 0.0930. The van der Waals surface area contributed by atoms with E-state index in [0.29, 0.717) is 16.7 Å². The lowest BCUT2D eigenvalue weighted by atomic mass is 10.1. The molecular formula is C19H20ClF3N4O4. The van der Waals surface area contributed by atoms with E-state index in [2.05, 4.69) is 20.0 Å². The van der Waals surface area contributed by atoms with Gasteiger partial charge in [0.1, 0.15) is 11.3 Å². The second-order valence-corrected chi connectivity index (χ2v) is 7.48. The number of halogens is 4. The van der Waals surface area contributed by atoms with Gasteiger partial charge in [-0.15, -0.1) is 0 Å². The number of hydrogen-bond acceptors (Lipinski definition) is 7. The Labute approximate surface area is 180 Å². The molecule has 3 rings (SSSR count). The Morgan fingerprint density at radius 2 is 2.13 bits per heavy atom. The number of hydrogen-bond donors (Lipinski definition) is 3. The van der Waals surface area contributed by atoms with Gasteiger partial charge in [-0.05, 0) is 24.6 Å². The number of aliphatic hydroxyl groups is 2. The van der Waals surface area contributed by atoms with Crippen LogP contribution < -0.4 is 10.1 Å². The van der Waals surface area contributed by atoms with E-state index in [1.165, 1.54) is 23.4 Å². The van der Waals surface area contributed by atoms with Gasteiger partial charge in [0.25, 0.3) is 5.91 Å². The Morgan fingerprint density at radius 3 is 2.77 bits per heavy atom. The van der Waals surface area contributed by atoms with Crippen LogP contribution in [0.5, 0.6) is 5.88 Å². The highest BCUT2D eigenvalue weighted by Crippen LogP contribution is 2.30. The van der Waals surface area contributed by atoms with Crippen LogP contribution in [0.3, 0.4) is 0 Å². The maximum atomic E-state index is 12.8. The fourth-order valence-electron chi connectivity index (χ4n) is 3.10. The van der Waals surface area contributed by atoms with E-state index >= 15 is 0 Å². The number of aliphatic hydroxyl groups excluding tert-OH is 2. The quantitative estimate of drug-likeness (QED) is 0.518. The Kier molecular flexibility index (Phi) is 6.99. The molecule has 12 heteroatoms. The number of fused-ring (bicyclic) bond motifs is 1. The maximum absolute atomic E-state index is 12.8. The van der Waals surface area contributed by atoms with Crippen LogP contribution in [0.1, 0.15) is 40.3 Å². The molecule has 0 saturated carbocycles. The number of aromatic nitrogens is 2. The summed E-state index contributed by atoms with van der Waals surface area (Å²) >= 11 is 5.97. The van der Waals surface area contributed by atoms with Gasteiger partial charge in [0.15, 0.2) is 6.61 Å². The van der Waals surface area contributed by atoms with E-state index in [-0.39, 0.29) is 48.2 Å². The van der Waals surface area contributed by atoms with E-state index in [1.807, 2.05) is 0 Å². The molecular weight excluding hydrogens is 441 g/mol. The zero-order valence-electron chi connectivity index (χ0n) is 16.4. The van der Waals surface area contributed by atoms with Gasteiger partial charge in [0, 0.05) is 42.7 Å². The van der Waals surface area contributed by atoms with Gasteiger partial charge in [-0.3, -0.25) is 15.1 Å². The van der Waals surface area contributed by atoms with Gasteiger partial charge >= 0.3 is 6.18 Å². The summed E-state index contributed by atoms with van der Waals surface area (Å²) in [4.78, 5) is 22.2. The average molecular weight is 461 g/mol. The number of nitrogens with zero attached hydrogens (tertiary/aromatic N) is 3.